The van der Waals surface area contributed by atoms with Crippen LogP contribution in [0.4, 0.5) is 5.69 Å². The largest absolute Gasteiger partial charge is 0.496 e. The number of aromatic nitrogens is 1. The average molecular weight is 486 g/mol. The molecular formula is C27H22N2O7. The zero-order valence-corrected chi connectivity index (χ0v) is 19.7. The number of hydrogen-bond donors (Lipinski definition) is 1. The van der Waals surface area contributed by atoms with Crippen LogP contribution in [-0.2, 0) is 0 Å². The first-order chi connectivity index (χ1) is 17.4. The molecule has 182 valence electrons. The summed E-state index contributed by atoms with van der Waals surface area (Å²) < 4.78 is 16.0. The molecular weight excluding hydrogens is 464 g/mol. The molecule has 1 heterocycles. The van der Waals surface area contributed by atoms with Gasteiger partial charge in [0.25, 0.3) is 11.2 Å². The Morgan fingerprint density at radius 2 is 1.58 bits per heavy atom. The SMILES string of the molecule is COc1cc(OC)c(OC)cc1/C=C/C(=O)c1c(-c2ccccc2)c2cc([N+](=O)[O-])ccc2[nH]c1=O. The van der Waals surface area contributed by atoms with Crippen LogP contribution in [0.1, 0.15) is 15.9 Å². The van der Waals surface area contributed by atoms with Crippen molar-refractivity contribution in [2.75, 3.05) is 21.3 Å². The van der Waals surface area contributed by atoms with E-state index in [-0.39, 0.29) is 11.3 Å². The second-order valence-electron chi connectivity index (χ2n) is 7.70. The Labute approximate surface area is 205 Å². The molecule has 9 heteroatoms. The van der Waals surface area contributed by atoms with Crippen LogP contribution < -0.4 is 19.8 Å². The number of hydrogen-bond acceptors (Lipinski definition) is 7. The van der Waals surface area contributed by atoms with Gasteiger partial charge in [-0.3, -0.25) is 19.7 Å². The maximum Gasteiger partial charge on any atom is 0.270 e. The molecule has 36 heavy (non-hydrogen) atoms. The molecule has 1 aromatic heterocycles. The van der Waals surface area contributed by atoms with Gasteiger partial charge in [0.05, 0.1) is 31.8 Å². The van der Waals surface area contributed by atoms with E-state index in [1.54, 1.807) is 42.5 Å². The van der Waals surface area contributed by atoms with Crippen molar-refractivity contribution in [3.05, 3.63) is 98.3 Å². The van der Waals surface area contributed by atoms with Crippen LogP contribution in [0.3, 0.4) is 0 Å². The Bertz CT molecular complexity index is 1560. The molecule has 0 aliphatic rings. The number of nitro benzene ring substituents is 1. The highest BCUT2D eigenvalue weighted by atomic mass is 16.6. The normalized spacial score (nSPS) is 11.0. The fourth-order valence-corrected chi connectivity index (χ4v) is 3.97. The van der Waals surface area contributed by atoms with Gasteiger partial charge in [-0.05, 0) is 29.8 Å². The van der Waals surface area contributed by atoms with Crippen molar-refractivity contribution in [2.45, 2.75) is 0 Å². The van der Waals surface area contributed by atoms with Gasteiger partial charge in [0, 0.05) is 40.2 Å². The van der Waals surface area contributed by atoms with Gasteiger partial charge in [0.2, 0.25) is 0 Å². The monoisotopic (exact) mass is 486 g/mol. The summed E-state index contributed by atoms with van der Waals surface area (Å²) in [5, 5.41) is 11.8. The summed E-state index contributed by atoms with van der Waals surface area (Å²) in [7, 11) is 4.47. The first-order valence-electron chi connectivity index (χ1n) is 10.8. The van der Waals surface area contributed by atoms with E-state index >= 15 is 0 Å². The molecule has 0 bridgehead atoms. The number of carbonyl (C=O) groups excluding carboxylic acids is 1. The van der Waals surface area contributed by atoms with Gasteiger partial charge in [-0.15, -0.1) is 0 Å². The van der Waals surface area contributed by atoms with Crippen LogP contribution in [0.25, 0.3) is 28.1 Å². The third kappa shape index (κ3) is 4.54. The maximum atomic E-state index is 13.4. The number of nitrogens with one attached hydrogen (secondary N) is 1. The summed E-state index contributed by atoms with van der Waals surface area (Å²) in [6, 6.07) is 16.2. The minimum Gasteiger partial charge on any atom is -0.496 e. The third-order valence-corrected chi connectivity index (χ3v) is 5.67. The van der Waals surface area contributed by atoms with Crippen LogP contribution >= 0.6 is 0 Å². The average Bonchev–Trinajstić information content (AvgIpc) is 2.90. The van der Waals surface area contributed by atoms with Crippen LogP contribution in [0.2, 0.25) is 0 Å². The second kappa shape index (κ2) is 10.1. The van der Waals surface area contributed by atoms with E-state index in [9.17, 15) is 19.7 Å². The third-order valence-electron chi connectivity index (χ3n) is 5.67. The number of nitro groups is 1. The van der Waals surface area contributed by atoms with Crippen molar-refractivity contribution in [3.8, 4) is 28.4 Å². The molecule has 0 aliphatic carbocycles. The number of ether oxygens (including phenoxy) is 3. The summed E-state index contributed by atoms with van der Waals surface area (Å²) in [6.45, 7) is 0. The standard InChI is InChI=1S/C27H22N2O7/c1-34-22-15-24(36-3)23(35-2)13-17(22)9-12-21(30)26-25(16-7-5-4-6-8-16)19-14-18(29(32)33)10-11-20(19)28-27(26)31/h4-15H,1-3H3,(H,28,31)/b12-9+. The first kappa shape index (κ1) is 24.2. The molecule has 0 saturated heterocycles. The van der Waals surface area contributed by atoms with Crippen LogP contribution in [0.15, 0.2) is 71.5 Å². The first-order valence-corrected chi connectivity index (χ1v) is 10.8. The predicted octanol–water partition coefficient (Wildman–Crippen LogP) is 5.03. The molecule has 0 atom stereocenters. The lowest BCUT2D eigenvalue weighted by atomic mass is 9.93. The molecule has 0 spiro atoms. The number of methoxy groups -OCH3 is 3. The van der Waals surface area contributed by atoms with E-state index in [0.29, 0.717) is 44.8 Å². The highest BCUT2D eigenvalue weighted by molar-refractivity contribution is 6.15. The minimum atomic E-state index is -0.607. The molecule has 0 fully saturated rings. The molecule has 4 rings (SSSR count). The minimum absolute atomic E-state index is 0.134. The van der Waals surface area contributed by atoms with Gasteiger partial charge in [-0.25, -0.2) is 0 Å². The summed E-state index contributed by atoms with van der Waals surface area (Å²) in [5.74, 6) is 0.742. The number of fused-ring (bicyclic) bond motifs is 1. The van der Waals surface area contributed by atoms with Crippen molar-refractivity contribution in [1.82, 2.24) is 4.98 Å². The van der Waals surface area contributed by atoms with E-state index < -0.39 is 16.3 Å². The molecule has 0 amide bonds. The lowest BCUT2D eigenvalue weighted by molar-refractivity contribution is -0.384. The van der Waals surface area contributed by atoms with Gasteiger partial charge >= 0.3 is 0 Å². The number of H-pyrrole nitrogens is 1. The number of carbonyl (C=O) groups is 1. The smallest absolute Gasteiger partial charge is 0.270 e. The Kier molecular flexibility index (Phi) is 6.82. The Balaban J connectivity index is 1.91. The molecule has 9 nitrogen and oxygen atoms in total. The topological polar surface area (TPSA) is 121 Å². The van der Waals surface area contributed by atoms with E-state index in [2.05, 4.69) is 4.98 Å². The number of nitrogens with zero attached hydrogens (tertiary/aromatic N) is 1. The van der Waals surface area contributed by atoms with E-state index in [4.69, 9.17) is 14.2 Å². The van der Waals surface area contributed by atoms with Crippen LogP contribution in [-0.4, -0.2) is 37.0 Å². The molecule has 4 aromatic rings. The molecule has 0 radical (unpaired) electrons. The molecule has 0 aliphatic heterocycles. The number of aromatic amines is 1. The van der Waals surface area contributed by atoms with Crippen LogP contribution in [0.5, 0.6) is 17.2 Å². The molecule has 1 N–H and O–H groups in total. The van der Waals surface area contributed by atoms with Gasteiger partial charge in [0.1, 0.15) is 5.75 Å². The highest BCUT2D eigenvalue weighted by Crippen LogP contribution is 2.36. The zero-order chi connectivity index (χ0) is 25.8. The summed E-state index contributed by atoms with van der Waals surface area (Å²) in [4.78, 5) is 40.1. The van der Waals surface area contributed by atoms with Crippen molar-refractivity contribution < 1.29 is 23.9 Å². The summed E-state index contributed by atoms with van der Waals surface area (Å²) in [5.41, 5.74) is 0.899. The molecule has 3 aromatic carbocycles. The second-order valence-corrected chi connectivity index (χ2v) is 7.70. The van der Waals surface area contributed by atoms with E-state index in [1.165, 1.54) is 51.7 Å². The number of allylic oxidation sites excluding steroid dienone is 1. The van der Waals surface area contributed by atoms with Crippen molar-refractivity contribution in [3.63, 3.8) is 0 Å². The number of non-ortho nitro benzene ring substituents is 1. The fraction of sp³-hybridized carbons (Fsp3) is 0.111. The van der Waals surface area contributed by atoms with E-state index in [1.807, 2.05) is 0 Å². The Morgan fingerprint density at radius 1 is 0.917 bits per heavy atom. The van der Waals surface area contributed by atoms with Crippen molar-refractivity contribution in [2.24, 2.45) is 0 Å². The molecule has 0 unspecified atom stereocenters. The predicted molar refractivity (Wildman–Crippen MR) is 136 cm³/mol. The fourth-order valence-electron chi connectivity index (χ4n) is 3.97. The lowest BCUT2D eigenvalue weighted by Gasteiger charge is -2.13. The number of rotatable bonds is 8. The van der Waals surface area contributed by atoms with Crippen LogP contribution in [0, 0.1) is 10.1 Å². The van der Waals surface area contributed by atoms with Gasteiger partial charge in [-0.2, -0.15) is 0 Å². The summed E-state index contributed by atoms with van der Waals surface area (Å²) in [6.07, 6.45) is 2.76. The van der Waals surface area contributed by atoms with Gasteiger partial charge < -0.3 is 19.2 Å². The van der Waals surface area contributed by atoms with Gasteiger partial charge in [0.15, 0.2) is 17.3 Å². The number of pyridine rings is 1. The molecule has 0 saturated carbocycles. The quantitative estimate of drug-likeness (QED) is 0.161. The number of benzene rings is 3. The Hall–Kier alpha value is -4.92. The lowest BCUT2D eigenvalue weighted by Crippen LogP contribution is -2.18. The maximum absolute atomic E-state index is 13.4. The highest BCUT2D eigenvalue weighted by Gasteiger charge is 2.21. The zero-order valence-electron chi connectivity index (χ0n) is 19.7. The van der Waals surface area contributed by atoms with Crippen molar-refractivity contribution in [1.29, 1.82) is 0 Å². The van der Waals surface area contributed by atoms with Crippen molar-refractivity contribution >= 4 is 28.4 Å². The summed E-state index contributed by atoms with van der Waals surface area (Å²) >= 11 is 0. The Morgan fingerprint density at radius 3 is 2.22 bits per heavy atom. The van der Waals surface area contributed by atoms with E-state index in [0.717, 1.165) is 0 Å². The number of ketones is 1. The van der Waals surface area contributed by atoms with Gasteiger partial charge in [-0.1, -0.05) is 30.3 Å².